The molecule has 8 nitrogen and oxygen atoms in total. The van der Waals surface area contributed by atoms with Crippen LogP contribution in [0.2, 0.25) is 0 Å². The smallest absolute Gasteiger partial charge is 0.404 e. The third kappa shape index (κ3) is 4.10. The van der Waals surface area contributed by atoms with E-state index < -0.39 is 6.09 Å². The van der Waals surface area contributed by atoms with E-state index >= 15 is 0 Å². The van der Waals surface area contributed by atoms with Crippen LogP contribution >= 0.6 is 0 Å². The lowest BCUT2D eigenvalue weighted by molar-refractivity contribution is 0.139. The van der Waals surface area contributed by atoms with E-state index in [0.29, 0.717) is 24.6 Å². The van der Waals surface area contributed by atoms with Gasteiger partial charge in [-0.25, -0.2) is 9.78 Å². The first kappa shape index (κ1) is 19.5. The summed E-state index contributed by atoms with van der Waals surface area (Å²) < 4.78 is 8.20. The highest BCUT2D eigenvalue weighted by Crippen LogP contribution is 2.36. The van der Waals surface area contributed by atoms with E-state index in [1.807, 2.05) is 30.3 Å². The van der Waals surface area contributed by atoms with Crippen LogP contribution in [-0.2, 0) is 12.8 Å². The summed E-state index contributed by atoms with van der Waals surface area (Å²) >= 11 is 0. The lowest BCUT2D eigenvalue weighted by Crippen LogP contribution is -2.36. The summed E-state index contributed by atoms with van der Waals surface area (Å²) in [7, 11) is 0. The van der Waals surface area contributed by atoms with Gasteiger partial charge < -0.3 is 15.2 Å². The van der Waals surface area contributed by atoms with Crippen molar-refractivity contribution in [3.05, 3.63) is 65.9 Å². The highest BCUT2D eigenvalue weighted by atomic mass is 16.5. The van der Waals surface area contributed by atoms with E-state index in [-0.39, 0.29) is 12.1 Å². The number of rotatable bonds is 4. The number of nitrogens with zero attached hydrogens (tertiary/aromatic N) is 4. The fourth-order valence-corrected chi connectivity index (χ4v) is 4.75. The Bertz CT molecular complexity index is 1060. The Kier molecular flexibility index (Phi) is 5.28. The first-order chi connectivity index (χ1) is 15.2. The minimum atomic E-state index is -1.01. The van der Waals surface area contributed by atoms with Crippen LogP contribution in [-0.4, -0.2) is 43.1 Å². The highest BCUT2D eigenvalue weighted by Gasteiger charge is 2.31. The van der Waals surface area contributed by atoms with Crippen molar-refractivity contribution in [2.75, 3.05) is 0 Å². The number of hydrogen-bond acceptors (Lipinski definition) is 5. The first-order valence-corrected chi connectivity index (χ1v) is 10.8. The molecule has 160 valence electrons. The van der Waals surface area contributed by atoms with Gasteiger partial charge in [0.25, 0.3) is 0 Å². The fraction of sp³-hybridized carbons (Fsp3) is 0.391. The Hall–Kier alpha value is -3.42. The molecule has 1 atom stereocenters. The van der Waals surface area contributed by atoms with Gasteiger partial charge in [0.1, 0.15) is 17.8 Å². The van der Waals surface area contributed by atoms with Crippen molar-refractivity contribution in [1.82, 2.24) is 25.1 Å². The average Bonchev–Trinajstić information content (AvgIpc) is 3.11. The zero-order valence-electron chi connectivity index (χ0n) is 17.1. The molecule has 1 aromatic carbocycles. The van der Waals surface area contributed by atoms with Gasteiger partial charge in [0.2, 0.25) is 5.88 Å². The molecule has 3 aromatic rings. The van der Waals surface area contributed by atoms with Crippen LogP contribution in [0.15, 0.2) is 48.7 Å². The maximum Gasteiger partial charge on any atom is 0.404 e. The number of amides is 1. The summed E-state index contributed by atoms with van der Waals surface area (Å²) in [6.45, 7) is 0. The SMILES string of the molecule is O=C(O)NC1Cc2ccccc2-n2c(nnc2[C@H]2CC[C@H](Oc3ccccn3)CC2)C1. The first-order valence-electron chi connectivity index (χ1n) is 10.8. The van der Waals surface area contributed by atoms with E-state index in [0.717, 1.165) is 48.6 Å². The average molecular weight is 419 g/mol. The van der Waals surface area contributed by atoms with Gasteiger partial charge in [-0.1, -0.05) is 24.3 Å². The second-order valence-corrected chi connectivity index (χ2v) is 8.25. The topological polar surface area (TPSA) is 102 Å². The molecule has 31 heavy (non-hydrogen) atoms. The minimum Gasteiger partial charge on any atom is -0.474 e. The lowest BCUT2D eigenvalue weighted by atomic mass is 9.86. The molecule has 1 saturated carbocycles. The monoisotopic (exact) mass is 419 g/mol. The second-order valence-electron chi connectivity index (χ2n) is 8.25. The molecule has 0 bridgehead atoms. The second kappa shape index (κ2) is 8.37. The number of nitrogens with one attached hydrogen (secondary N) is 1. The molecule has 0 spiro atoms. The number of aromatic nitrogens is 4. The zero-order chi connectivity index (χ0) is 21.2. The predicted octanol–water partition coefficient (Wildman–Crippen LogP) is 3.50. The quantitative estimate of drug-likeness (QED) is 0.671. The Morgan fingerprint density at radius 3 is 2.61 bits per heavy atom. The number of carboxylic acid groups (broad SMARTS) is 1. The van der Waals surface area contributed by atoms with Crippen LogP contribution in [0.1, 0.15) is 48.8 Å². The summed E-state index contributed by atoms with van der Waals surface area (Å²) in [5, 5.41) is 20.9. The summed E-state index contributed by atoms with van der Waals surface area (Å²) in [5.41, 5.74) is 2.16. The Labute approximate surface area is 180 Å². The van der Waals surface area contributed by atoms with Crippen LogP contribution in [0.4, 0.5) is 4.79 Å². The van der Waals surface area contributed by atoms with Crippen molar-refractivity contribution in [3.8, 4) is 11.6 Å². The highest BCUT2D eigenvalue weighted by molar-refractivity contribution is 5.65. The third-order valence-corrected chi connectivity index (χ3v) is 6.18. The maximum absolute atomic E-state index is 11.2. The molecule has 1 amide bonds. The molecule has 0 saturated heterocycles. The largest absolute Gasteiger partial charge is 0.474 e. The Morgan fingerprint density at radius 2 is 1.84 bits per heavy atom. The van der Waals surface area contributed by atoms with Gasteiger partial charge in [0, 0.05) is 30.6 Å². The van der Waals surface area contributed by atoms with E-state index in [1.165, 1.54) is 0 Å². The summed E-state index contributed by atoms with van der Waals surface area (Å²) in [6, 6.07) is 13.6. The maximum atomic E-state index is 11.2. The summed E-state index contributed by atoms with van der Waals surface area (Å²) in [5.74, 6) is 2.75. The Morgan fingerprint density at radius 1 is 1.03 bits per heavy atom. The van der Waals surface area contributed by atoms with Crippen molar-refractivity contribution >= 4 is 6.09 Å². The number of carbonyl (C=O) groups is 1. The van der Waals surface area contributed by atoms with Crippen molar-refractivity contribution in [2.45, 2.75) is 56.6 Å². The van der Waals surface area contributed by atoms with E-state index in [1.54, 1.807) is 6.20 Å². The molecule has 2 aliphatic rings. The van der Waals surface area contributed by atoms with Gasteiger partial charge in [-0.15, -0.1) is 10.2 Å². The number of pyridine rings is 1. The van der Waals surface area contributed by atoms with E-state index in [9.17, 15) is 9.90 Å². The third-order valence-electron chi connectivity index (χ3n) is 6.18. The Balaban J connectivity index is 1.37. The molecule has 2 aromatic heterocycles. The number of para-hydroxylation sites is 1. The molecular formula is C23H25N5O3. The van der Waals surface area contributed by atoms with Crippen molar-refractivity contribution in [2.24, 2.45) is 0 Å². The number of ether oxygens (including phenoxy) is 1. The van der Waals surface area contributed by atoms with Crippen LogP contribution in [0, 0.1) is 0 Å². The van der Waals surface area contributed by atoms with Crippen LogP contribution < -0.4 is 10.1 Å². The molecule has 0 radical (unpaired) electrons. The van der Waals surface area contributed by atoms with Gasteiger partial charge in [0.05, 0.1) is 5.69 Å². The number of hydrogen-bond donors (Lipinski definition) is 2. The zero-order valence-corrected chi connectivity index (χ0v) is 17.1. The molecule has 1 unspecified atom stereocenters. The van der Waals surface area contributed by atoms with Crippen molar-refractivity contribution in [1.29, 1.82) is 0 Å². The van der Waals surface area contributed by atoms with Crippen LogP contribution in [0.25, 0.3) is 5.69 Å². The van der Waals surface area contributed by atoms with E-state index in [2.05, 4.69) is 37.2 Å². The van der Waals surface area contributed by atoms with Gasteiger partial charge in [0.15, 0.2) is 0 Å². The van der Waals surface area contributed by atoms with E-state index in [4.69, 9.17) is 4.74 Å². The number of fused-ring (bicyclic) bond motifs is 3. The molecule has 3 heterocycles. The van der Waals surface area contributed by atoms with Gasteiger partial charge in [-0.2, -0.15) is 0 Å². The van der Waals surface area contributed by atoms with Crippen LogP contribution in [0.3, 0.4) is 0 Å². The molecule has 5 rings (SSSR count). The normalized spacial score (nSPS) is 22.6. The standard InChI is InChI=1S/C23H25N5O3/c29-23(30)25-17-13-16-5-1-2-6-19(16)28-20(14-17)26-27-22(28)15-8-10-18(11-9-15)31-21-7-3-4-12-24-21/h1-7,12,15,17-18,25H,8-11,13-14H2,(H,29,30)/t15-,17?,18-. The van der Waals surface area contributed by atoms with Crippen molar-refractivity contribution in [3.63, 3.8) is 0 Å². The molecule has 1 fully saturated rings. The predicted molar refractivity (Wildman–Crippen MR) is 114 cm³/mol. The summed E-state index contributed by atoms with van der Waals surface area (Å²) in [6.07, 6.45) is 5.86. The molecule has 1 aliphatic carbocycles. The summed E-state index contributed by atoms with van der Waals surface area (Å²) in [4.78, 5) is 15.5. The molecule has 1 aliphatic heterocycles. The number of benzene rings is 1. The van der Waals surface area contributed by atoms with Gasteiger partial charge >= 0.3 is 6.09 Å². The van der Waals surface area contributed by atoms with Gasteiger partial charge in [-0.05, 0) is 49.8 Å². The fourth-order valence-electron chi connectivity index (χ4n) is 4.75. The van der Waals surface area contributed by atoms with Gasteiger partial charge in [-0.3, -0.25) is 4.57 Å². The molecule has 8 heteroatoms. The van der Waals surface area contributed by atoms with Crippen molar-refractivity contribution < 1.29 is 14.6 Å². The van der Waals surface area contributed by atoms with Crippen LogP contribution in [0.5, 0.6) is 5.88 Å². The molecular weight excluding hydrogens is 394 g/mol. The minimum absolute atomic E-state index is 0.161. The lowest BCUT2D eigenvalue weighted by Gasteiger charge is -2.28. The molecule has 2 N–H and O–H groups in total.